The number of hydrogen-bond acceptors (Lipinski definition) is 2. The topological polar surface area (TPSA) is 29.1 Å². The molecule has 94 valence electrons. The Morgan fingerprint density at radius 1 is 1.28 bits per heavy atom. The fraction of sp³-hybridized carbons (Fsp3) is 0.154. The van der Waals surface area contributed by atoms with Gasteiger partial charge in [-0.2, -0.15) is 0 Å². The van der Waals surface area contributed by atoms with Crippen molar-refractivity contribution >= 4 is 50.5 Å². The van der Waals surface area contributed by atoms with Gasteiger partial charge in [-0.3, -0.25) is 4.79 Å². The first-order valence-electron chi connectivity index (χ1n) is 5.31. The van der Waals surface area contributed by atoms with E-state index in [1.54, 1.807) is 6.07 Å². The molecule has 18 heavy (non-hydrogen) atoms. The standard InChI is InChI=1S/C13H11BrClNOS/c1-7-3-4-9(6-10(7)15)16-13(17)11-5-8(2)12(14)18-11/h3-6H,1-2H3,(H,16,17). The number of carbonyl (C=O) groups excluding carboxylic acids is 1. The molecule has 0 fully saturated rings. The Bertz CT molecular complexity index is 590. The van der Waals surface area contributed by atoms with Crippen molar-refractivity contribution in [1.29, 1.82) is 0 Å². The van der Waals surface area contributed by atoms with E-state index in [-0.39, 0.29) is 5.91 Å². The first-order valence-corrected chi connectivity index (χ1v) is 7.29. The smallest absolute Gasteiger partial charge is 0.265 e. The lowest BCUT2D eigenvalue weighted by atomic mass is 10.2. The van der Waals surface area contributed by atoms with Gasteiger partial charge in [-0.25, -0.2) is 0 Å². The molecule has 1 N–H and O–H groups in total. The van der Waals surface area contributed by atoms with Crippen LogP contribution in [0.5, 0.6) is 0 Å². The lowest BCUT2D eigenvalue weighted by Crippen LogP contribution is -2.10. The summed E-state index contributed by atoms with van der Waals surface area (Å²) < 4.78 is 0.981. The number of halogens is 2. The van der Waals surface area contributed by atoms with Gasteiger partial charge in [0.15, 0.2) is 0 Å². The summed E-state index contributed by atoms with van der Waals surface area (Å²) in [6.07, 6.45) is 0. The fourth-order valence-electron chi connectivity index (χ4n) is 1.44. The summed E-state index contributed by atoms with van der Waals surface area (Å²) >= 11 is 10.8. The SMILES string of the molecule is Cc1ccc(NC(=O)c2cc(C)c(Br)s2)cc1Cl. The second-order valence-corrected chi connectivity index (χ2v) is 6.76. The van der Waals surface area contributed by atoms with Crippen molar-refractivity contribution in [1.82, 2.24) is 0 Å². The second-order valence-electron chi connectivity index (χ2n) is 3.99. The monoisotopic (exact) mass is 343 g/mol. The van der Waals surface area contributed by atoms with Crippen LogP contribution in [-0.4, -0.2) is 5.91 Å². The van der Waals surface area contributed by atoms with Crippen molar-refractivity contribution in [3.8, 4) is 0 Å². The number of amides is 1. The van der Waals surface area contributed by atoms with E-state index >= 15 is 0 Å². The minimum absolute atomic E-state index is 0.117. The fourth-order valence-corrected chi connectivity index (χ4v) is 3.05. The molecular formula is C13H11BrClNOS. The molecule has 0 atom stereocenters. The third-order valence-electron chi connectivity index (χ3n) is 2.51. The molecule has 0 bridgehead atoms. The summed E-state index contributed by atoms with van der Waals surface area (Å²) in [6.45, 7) is 3.88. The van der Waals surface area contributed by atoms with Crippen LogP contribution >= 0.6 is 38.9 Å². The number of carbonyl (C=O) groups is 1. The summed E-state index contributed by atoms with van der Waals surface area (Å²) in [5, 5.41) is 3.48. The summed E-state index contributed by atoms with van der Waals surface area (Å²) in [4.78, 5) is 12.7. The number of nitrogens with one attached hydrogen (secondary N) is 1. The highest BCUT2D eigenvalue weighted by Gasteiger charge is 2.11. The summed E-state index contributed by atoms with van der Waals surface area (Å²) in [6, 6.07) is 7.34. The Morgan fingerprint density at radius 3 is 2.56 bits per heavy atom. The highest BCUT2D eigenvalue weighted by molar-refractivity contribution is 9.11. The molecule has 2 nitrogen and oxygen atoms in total. The van der Waals surface area contributed by atoms with Crippen molar-refractivity contribution in [2.24, 2.45) is 0 Å². The van der Waals surface area contributed by atoms with Gasteiger partial charge >= 0.3 is 0 Å². The Labute approximate surface area is 123 Å². The van der Waals surface area contributed by atoms with Gasteiger partial charge in [0, 0.05) is 10.7 Å². The third kappa shape index (κ3) is 2.94. The number of aryl methyl sites for hydroxylation is 2. The highest BCUT2D eigenvalue weighted by atomic mass is 79.9. The first-order chi connectivity index (χ1) is 8.47. The van der Waals surface area contributed by atoms with Crippen LogP contribution in [0.2, 0.25) is 5.02 Å². The lowest BCUT2D eigenvalue weighted by molar-refractivity contribution is 0.103. The Balaban J connectivity index is 2.18. The largest absolute Gasteiger partial charge is 0.321 e. The zero-order chi connectivity index (χ0) is 13.3. The molecule has 0 saturated heterocycles. The summed E-state index contributed by atoms with van der Waals surface area (Å²) in [5.41, 5.74) is 2.76. The minimum Gasteiger partial charge on any atom is -0.321 e. The van der Waals surface area contributed by atoms with Crippen molar-refractivity contribution in [3.63, 3.8) is 0 Å². The molecule has 5 heteroatoms. The van der Waals surface area contributed by atoms with E-state index in [9.17, 15) is 4.79 Å². The molecule has 0 aliphatic rings. The maximum atomic E-state index is 12.0. The molecule has 2 rings (SSSR count). The van der Waals surface area contributed by atoms with E-state index < -0.39 is 0 Å². The van der Waals surface area contributed by atoms with Gasteiger partial charge in [0.2, 0.25) is 0 Å². The number of benzene rings is 1. The molecule has 2 aromatic rings. The van der Waals surface area contributed by atoms with Crippen molar-refractivity contribution in [3.05, 3.63) is 49.1 Å². The number of rotatable bonds is 2. The number of anilines is 1. The predicted octanol–water partition coefficient (Wildman–Crippen LogP) is 5.03. The molecule has 0 spiro atoms. The van der Waals surface area contributed by atoms with E-state index in [0.717, 1.165) is 14.9 Å². The second kappa shape index (κ2) is 5.43. The molecule has 1 amide bonds. The van der Waals surface area contributed by atoms with Gasteiger partial charge in [0.1, 0.15) is 0 Å². The van der Waals surface area contributed by atoms with Crippen LogP contribution in [0.4, 0.5) is 5.69 Å². The average molecular weight is 345 g/mol. The average Bonchev–Trinajstić information content (AvgIpc) is 2.65. The van der Waals surface area contributed by atoms with Gasteiger partial charge in [-0.1, -0.05) is 17.7 Å². The lowest BCUT2D eigenvalue weighted by Gasteiger charge is -2.05. The van der Waals surface area contributed by atoms with Crippen LogP contribution in [0.3, 0.4) is 0 Å². The third-order valence-corrected chi connectivity index (χ3v) is 5.05. The Kier molecular flexibility index (Phi) is 4.10. The van der Waals surface area contributed by atoms with Gasteiger partial charge < -0.3 is 5.32 Å². The molecule has 0 aliphatic heterocycles. The highest BCUT2D eigenvalue weighted by Crippen LogP contribution is 2.28. The van der Waals surface area contributed by atoms with Crippen molar-refractivity contribution < 1.29 is 4.79 Å². The zero-order valence-corrected chi connectivity index (χ0v) is 13.0. The molecular weight excluding hydrogens is 334 g/mol. The Morgan fingerprint density at radius 2 is 2.00 bits per heavy atom. The summed E-state index contributed by atoms with van der Waals surface area (Å²) in [7, 11) is 0. The quantitative estimate of drug-likeness (QED) is 0.813. The van der Waals surface area contributed by atoms with Crippen LogP contribution in [0.1, 0.15) is 20.8 Å². The molecule has 1 aromatic carbocycles. The van der Waals surface area contributed by atoms with E-state index in [0.29, 0.717) is 15.6 Å². The molecule has 0 saturated carbocycles. The van der Waals surface area contributed by atoms with E-state index in [2.05, 4.69) is 21.2 Å². The zero-order valence-electron chi connectivity index (χ0n) is 9.88. The number of thiophene rings is 1. The Hall–Kier alpha value is -0.840. The van der Waals surface area contributed by atoms with Crippen molar-refractivity contribution in [2.45, 2.75) is 13.8 Å². The van der Waals surface area contributed by atoms with Gasteiger partial charge in [-0.05, 0) is 59.1 Å². The van der Waals surface area contributed by atoms with Gasteiger partial charge in [0.05, 0.1) is 8.66 Å². The van der Waals surface area contributed by atoms with E-state index in [1.807, 2.05) is 32.0 Å². The maximum Gasteiger partial charge on any atom is 0.265 e. The predicted molar refractivity (Wildman–Crippen MR) is 80.9 cm³/mol. The number of hydrogen-bond donors (Lipinski definition) is 1. The van der Waals surface area contributed by atoms with Crippen LogP contribution in [0.15, 0.2) is 28.1 Å². The first kappa shape index (κ1) is 13.6. The van der Waals surface area contributed by atoms with Crippen molar-refractivity contribution in [2.75, 3.05) is 5.32 Å². The molecule has 0 unspecified atom stereocenters. The van der Waals surface area contributed by atoms with Gasteiger partial charge in [-0.15, -0.1) is 11.3 Å². The minimum atomic E-state index is -0.117. The molecule has 0 aliphatic carbocycles. The van der Waals surface area contributed by atoms with E-state index in [1.165, 1.54) is 11.3 Å². The summed E-state index contributed by atoms with van der Waals surface area (Å²) in [5.74, 6) is -0.117. The van der Waals surface area contributed by atoms with E-state index in [4.69, 9.17) is 11.6 Å². The van der Waals surface area contributed by atoms with Crippen LogP contribution < -0.4 is 5.32 Å². The molecule has 1 heterocycles. The van der Waals surface area contributed by atoms with Gasteiger partial charge in [0.25, 0.3) is 5.91 Å². The van der Waals surface area contributed by atoms with Crippen LogP contribution in [0, 0.1) is 13.8 Å². The molecule has 0 radical (unpaired) electrons. The van der Waals surface area contributed by atoms with Crippen LogP contribution in [0.25, 0.3) is 0 Å². The maximum absolute atomic E-state index is 12.0. The van der Waals surface area contributed by atoms with Crippen LogP contribution in [-0.2, 0) is 0 Å². The normalized spacial score (nSPS) is 10.4. The molecule has 1 aromatic heterocycles.